The summed E-state index contributed by atoms with van der Waals surface area (Å²) in [6.45, 7) is 0. The van der Waals surface area contributed by atoms with Gasteiger partial charge in [-0.3, -0.25) is 0 Å². The van der Waals surface area contributed by atoms with E-state index in [-0.39, 0.29) is 0 Å². The molecular formula is C18H11Br4NO. The lowest BCUT2D eigenvalue weighted by molar-refractivity contribution is 0.481. The van der Waals surface area contributed by atoms with Crippen molar-refractivity contribution in [1.29, 1.82) is 0 Å². The van der Waals surface area contributed by atoms with Crippen LogP contribution in [0.1, 0.15) is 0 Å². The Morgan fingerprint density at radius 2 is 1.42 bits per heavy atom. The van der Waals surface area contributed by atoms with Crippen molar-refractivity contribution in [3.8, 4) is 22.6 Å². The Morgan fingerprint density at radius 3 is 2.08 bits per heavy atom. The maximum Gasteiger partial charge on any atom is 0.149 e. The summed E-state index contributed by atoms with van der Waals surface area (Å²) in [5.74, 6) is 1.42. The van der Waals surface area contributed by atoms with Gasteiger partial charge < -0.3 is 10.5 Å². The minimum atomic E-state index is 0.660. The molecule has 0 atom stereocenters. The quantitative estimate of drug-likeness (QED) is 0.323. The number of hydrogen-bond donors (Lipinski definition) is 1. The fourth-order valence-electron chi connectivity index (χ4n) is 2.28. The van der Waals surface area contributed by atoms with Gasteiger partial charge in [0.1, 0.15) is 11.5 Å². The van der Waals surface area contributed by atoms with Crippen molar-refractivity contribution in [1.82, 2.24) is 0 Å². The number of ether oxygens (including phenoxy) is 1. The molecule has 0 spiro atoms. The van der Waals surface area contributed by atoms with Crippen LogP contribution in [0.4, 0.5) is 5.69 Å². The summed E-state index contributed by atoms with van der Waals surface area (Å²) in [6, 6.07) is 17.5. The molecule has 0 aromatic heterocycles. The van der Waals surface area contributed by atoms with Crippen LogP contribution in [0.3, 0.4) is 0 Å². The average Bonchev–Trinajstić information content (AvgIpc) is 2.49. The molecule has 3 aromatic carbocycles. The highest BCUT2D eigenvalue weighted by atomic mass is 79.9. The second-order valence-corrected chi connectivity index (χ2v) is 8.70. The van der Waals surface area contributed by atoms with Gasteiger partial charge >= 0.3 is 0 Å². The predicted molar refractivity (Wildman–Crippen MR) is 114 cm³/mol. The van der Waals surface area contributed by atoms with Gasteiger partial charge in [0.2, 0.25) is 0 Å². The molecule has 3 aromatic rings. The Morgan fingerprint density at radius 1 is 0.750 bits per heavy atom. The van der Waals surface area contributed by atoms with Crippen LogP contribution in [0.25, 0.3) is 11.1 Å². The SMILES string of the molecule is Nc1cccc(Oc2c(Br)cc(Br)cc2-c2cc(Br)cc(Br)c2)c1. The van der Waals surface area contributed by atoms with Gasteiger partial charge in [0.15, 0.2) is 0 Å². The maximum absolute atomic E-state index is 6.13. The molecule has 2 N–H and O–H groups in total. The number of hydrogen-bond acceptors (Lipinski definition) is 2. The fourth-order valence-corrected chi connectivity index (χ4v) is 4.88. The molecule has 6 heteroatoms. The lowest BCUT2D eigenvalue weighted by atomic mass is 10.0. The van der Waals surface area contributed by atoms with Gasteiger partial charge in [-0.25, -0.2) is 0 Å². The van der Waals surface area contributed by atoms with Crippen molar-refractivity contribution >= 4 is 69.4 Å². The molecule has 0 unspecified atom stereocenters. The van der Waals surface area contributed by atoms with Crippen LogP contribution >= 0.6 is 63.7 Å². The van der Waals surface area contributed by atoms with E-state index < -0.39 is 0 Å². The summed E-state index contributed by atoms with van der Waals surface area (Å²) in [5.41, 5.74) is 8.50. The van der Waals surface area contributed by atoms with Gasteiger partial charge in [0.25, 0.3) is 0 Å². The highest BCUT2D eigenvalue weighted by Gasteiger charge is 2.14. The normalized spacial score (nSPS) is 10.7. The molecule has 122 valence electrons. The number of halogens is 4. The Balaban J connectivity index is 2.15. The molecule has 3 rings (SSSR count). The summed E-state index contributed by atoms with van der Waals surface area (Å²) in [6.07, 6.45) is 0. The van der Waals surface area contributed by atoms with E-state index in [2.05, 4.69) is 63.7 Å². The molecule has 2 nitrogen and oxygen atoms in total. The molecule has 0 radical (unpaired) electrons. The van der Waals surface area contributed by atoms with Gasteiger partial charge in [-0.2, -0.15) is 0 Å². The molecule has 0 aliphatic heterocycles. The summed E-state index contributed by atoms with van der Waals surface area (Å²) < 4.78 is 9.91. The van der Waals surface area contributed by atoms with Crippen LogP contribution in [0.15, 0.2) is 72.5 Å². The van der Waals surface area contributed by atoms with Crippen molar-refractivity contribution < 1.29 is 4.74 Å². The first-order chi connectivity index (χ1) is 11.4. The van der Waals surface area contributed by atoms with Gasteiger partial charge in [-0.1, -0.05) is 53.9 Å². The Hall–Kier alpha value is -0.820. The smallest absolute Gasteiger partial charge is 0.149 e. The van der Waals surface area contributed by atoms with E-state index in [4.69, 9.17) is 10.5 Å². The van der Waals surface area contributed by atoms with E-state index in [0.29, 0.717) is 11.4 Å². The Bertz CT molecular complexity index is 891. The monoisotopic (exact) mass is 573 g/mol. The minimum Gasteiger partial charge on any atom is -0.455 e. The minimum absolute atomic E-state index is 0.660. The number of anilines is 1. The molecule has 0 saturated carbocycles. The van der Waals surface area contributed by atoms with Gasteiger partial charge in [-0.15, -0.1) is 0 Å². The van der Waals surface area contributed by atoms with Gasteiger partial charge in [0.05, 0.1) is 4.47 Å². The molecule has 24 heavy (non-hydrogen) atoms. The molecule has 0 fully saturated rings. The first-order valence-electron chi connectivity index (χ1n) is 6.91. The summed E-state index contributed by atoms with van der Waals surface area (Å²) in [4.78, 5) is 0. The molecule has 0 aliphatic carbocycles. The average molecular weight is 577 g/mol. The standard InChI is InChI=1S/C18H11Br4NO/c19-11-4-10(5-12(20)6-11)16-7-13(21)8-17(22)18(16)24-15-3-1-2-14(23)9-15/h1-9H,23H2. The van der Waals surface area contributed by atoms with Crippen molar-refractivity contribution in [2.45, 2.75) is 0 Å². The zero-order chi connectivity index (χ0) is 17.3. The largest absolute Gasteiger partial charge is 0.455 e. The summed E-state index contributed by atoms with van der Waals surface area (Å²) in [7, 11) is 0. The van der Waals surface area contributed by atoms with Gasteiger partial charge in [0, 0.05) is 30.7 Å². The maximum atomic E-state index is 6.13. The highest BCUT2D eigenvalue weighted by Crippen LogP contribution is 2.43. The second kappa shape index (κ2) is 7.60. The third-order valence-electron chi connectivity index (χ3n) is 3.26. The van der Waals surface area contributed by atoms with E-state index in [9.17, 15) is 0 Å². The summed E-state index contributed by atoms with van der Waals surface area (Å²) >= 11 is 14.2. The van der Waals surface area contributed by atoms with Crippen LogP contribution in [0.5, 0.6) is 11.5 Å². The molecular weight excluding hydrogens is 566 g/mol. The zero-order valence-corrected chi connectivity index (χ0v) is 18.5. The number of nitrogens with two attached hydrogens (primary N) is 1. The first kappa shape index (κ1) is 18.0. The van der Waals surface area contributed by atoms with Crippen molar-refractivity contribution in [2.75, 3.05) is 5.73 Å². The van der Waals surface area contributed by atoms with E-state index >= 15 is 0 Å². The summed E-state index contributed by atoms with van der Waals surface area (Å²) in [5, 5.41) is 0. The third kappa shape index (κ3) is 4.23. The van der Waals surface area contributed by atoms with Crippen molar-refractivity contribution in [2.24, 2.45) is 0 Å². The van der Waals surface area contributed by atoms with Crippen LogP contribution in [0, 0.1) is 0 Å². The number of nitrogen functional groups attached to an aromatic ring is 1. The predicted octanol–water partition coefficient (Wildman–Crippen LogP) is 7.78. The fraction of sp³-hybridized carbons (Fsp3) is 0. The van der Waals surface area contributed by atoms with Crippen LogP contribution in [0.2, 0.25) is 0 Å². The van der Waals surface area contributed by atoms with E-state index in [0.717, 1.165) is 34.8 Å². The van der Waals surface area contributed by atoms with Crippen LogP contribution in [-0.4, -0.2) is 0 Å². The van der Waals surface area contributed by atoms with Crippen LogP contribution in [-0.2, 0) is 0 Å². The highest BCUT2D eigenvalue weighted by molar-refractivity contribution is 9.11. The van der Waals surface area contributed by atoms with E-state index in [1.165, 1.54) is 0 Å². The van der Waals surface area contributed by atoms with E-state index in [1.807, 2.05) is 48.5 Å². The lowest BCUT2D eigenvalue weighted by Crippen LogP contribution is -1.92. The third-order valence-corrected chi connectivity index (χ3v) is 5.22. The lowest BCUT2D eigenvalue weighted by Gasteiger charge is -2.15. The van der Waals surface area contributed by atoms with E-state index in [1.54, 1.807) is 6.07 Å². The molecule has 0 amide bonds. The topological polar surface area (TPSA) is 35.2 Å². The van der Waals surface area contributed by atoms with Crippen LogP contribution < -0.4 is 10.5 Å². The Labute approximate surface area is 173 Å². The Kier molecular flexibility index (Phi) is 5.70. The molecule has 0 saturated heterocycles. The molecule has 0 bridgehead atoms. The van der Waals surface area contributed by atoms with Crippen molar-refractivity contribution in [3.05, 3.63) is 72.5 Å². The zero-order valence-electron chi connectivity index (χ0n) is 12.2. The molecule has 0 aliphatic rings. The second-order valence-electron chi connectivity index (χ2n) is 5.10. The first-order valence-corrected chi connectivity index (χ1v) is 10.1. The number of benzene rings is 3. The van der Waals surface area contributed by atoms with Gasteiger partial charge in [-0.05, 0) is 64.0 Å². The number of rotatable bonds is 3. The molecule has 0 heterocycles. The van der Waals surface area contributed by atoms with Crippen molar-refractivity contribution in [3.63, 3.8) is 0 Å².